The van der Waals surface area contributed by atoms with Crippen molar-refractivity contribution in [3.63, 3.8) is 0 Å². The predicted molar refractivity (Wildman–Crippen MR) is 93.3 cm³/mol. The summed E-state index contributed by atoms with van der Waals surface area (Å²) in [6, 6.07) is 8.67. The highest BCUT2D eigenvalue weighted by atomic mass is 127. The van der Waals surface area contributed by atoms with Gasteiger partial charge in [0.15, 0.2) is 0 Å². The van der Waals surface area contributed by atoms with Gasteiger partial charge in [-0.15, -0.1) is 0 Å². The van der Waals surface area contributed by atoms with Crippen LogP contribution >= 0.6 is 22.6 Å². The summed E-state index contributed by atoms with van der Waals surface area (Å²) in [5.74, 6) is 0. The molecular weight excluding hydrogens is 359 g/mol. The monoisotopic (exact) mass is 372 g/mol. The summed E-state index contributed by atoms with van der Waals surface area (Å²) in [4.78, 5) is 7.87. The molecule has 0 fully saturated rings. The predicted octanol–water partition coefficient (Wildman–Crippen LogP) is 5.09. The number of halogens is 1. The molecule has 0 saturated carbocycles. The van der Waals surface area contributed by atoms with Crippen LogP contribution in [0.15, 0.2) is 36.7 Å². The summed E-state index contributed by atoms with van der Waals surface area (Å²) >= 11 is 2.37. The van der Waals surface area contributed by atoms with Crippen molar-refractivity contribution in [2.45, 2.75) is 13.8 Å². The molecule has 0 aliphatic rings. The average molecular weight is 372 g/mol. The summed E-state index contributed by atoms with van der Waals surface area (Å²) in [5, 5.41) is 5.17. The summed E-state index contributed by atoms with van der Waals surface area (Å²) in [6.45, 7) is 4.38. The lowest BCUT2D eigenvalue weighted by molar-refractivity contribution is 1.35. The van der Waals surface area contributed by atoms with E-state index in [9.17, 15) is 0 Å². The quantitative estimate of drug-likeness (QED) is 0.428. The third-order valence-corrected chi connectivity index (χ3v) is 4.81. The first-order valence-corrected chi connectivity index (χ1v) is 7.68. The fourth-order valence-electron chi connectivity index (χ4n) is 3.12. The number of hydrogen-bond donors (Lipinski definition) is 1. The second-order valence-electron chi connectivity index (χ2n) is 5.24. The number of nitrogens with one attached hydrogen (secondary N) is 1. The van der Waals surface area contributed by atoms with E-state index in [2.05, 4.69) is 70.7 Å². The van der Waals surface area contributed by atoms with Crippen LogP contribution in [-0.4, -0.2) is 9.97 Å². The van der Waals surface area contributed by atoms with Crippen LogP contribution in [0.3, 0.4) is 0 Å². The van der Waals surface area contributed by atoms with Crippen LogP contribution in [0.4, 0.5) is 0 Å². The molecule has 1 N–H and O–H groups in total. The molecule has 2 aromatic heterocycles. The average Bonchev–Trinajstić information content (AvgIpc) is 2.84. The van der Waals surface area contributed by atoms with Crippen molar-refractivity contribution in [2.75, 3.05) is 0 Å². The topological polar surface area (TPSA) is 28.7 Å². The minimum absolute atomic E-state index is 1.20. The lowest BCUT2D eigenvalue weighted by Crippen LogP contribution is -1.87. The van der Waals surface area contributed by atoms with E-state index in [0.717, 1.165) is 0 Å². The van der Waals surface area contributed by atoms with Crippen molar-refractivity contribution in [1.82, 2.24) is 9.97 Å². The van der Waals surface area contributed by atoms with E-state index < -0.39 is 0 Å². The molecule has 2 aromatic carbocycles. The van der Waals surface area contributed by atoms with Crippen LogP contribution in [0.25, 0.3) is 32.6 Å². The van der Waals surface area contributed by atoms with E-state index in [4.69, 9.17) is 0 Å². The molecule has 4 rings (SSSR count). The van der Waals surface area contributed by atoms with Crippen molar-refractivity contribution in [2.24, 2.45) is 0 Å². The van der Waals surface area contributed by atoms with Crippen molar-refractivity contribution < 1.29 is 0 Å². The Morgan fingerprint density at radius 2 is 1.85 bits per heavy atom. The fraction of sp³-hybridized carbons (Fsp3) is 0.118. The Morgan fingerprint density at radius 3 is 2.70 bits per heavy atom. The number of aromatic amines is 1. The number of benzene rings is 2. The zero-order valence-electron chi connectivity index (χ0n) is 11.3. The zero-order valence-corrected chi connectivity index (χ0v) is 13.4. The molecule has 0 amide bonds. The Balaban J connectivity index is 2.36. The van der Waals surface area contributed by atoms with Crippen LogP contribution in [0.1, 0.15) is 11.1 Å². The van der Waals surface area contributed by atoms with Crippen molar-refractivity contribution in [3.8, 4) is 0 Å². The molecule has 0 spiro atoms. The molecule has 0 aliphatic heterocycles. The summed E-state index contributed by atoms with van der Waals surface area (Å²) < 4.78 is 1.26. The first kappa shape index (κ1) is 12.1. The van der Waals surface area contributed by atoms with Crippen LogP contribution in [-0.2, 0) is 0 Å². The van der Waals surface area contributed by atoms with Crippen molar-refractivity contribution in [1.29, 1.82) is 0 Å². The summed E-state index contributed by atoms with van der Waals surface area (Å²) in [6.07, 6.45) is 3.84. The van der Waals surface area contributed by atoms with Crippen LogP contribution in [0, 0.1) is 17.4 Å². The Bertz CT molecular complexity index is 983. The van der Waals surface area contributed by atoms with Gasteiger partial charge in [0, 0.05) is 37.6 Å². The highest BCUT2D eigenvalue weighted by Gasteiger charge is 2.13. The fourth-order valence-corrected chi connectivity index (χ4v) is 3.62. The molecule has 0 saturated heterocycles. The third-order valence-electron chi connectivity index (χ3n) is 4.14. The number of aryl methyl sites for hydroxylation is 2. The molecule has 98 valence electrons. The third kappa shape index (κ3) is 1.53. The van der Waals surface area contributed by atoms with Crippen molar-refractivity contribution >= 4 is 55.2 Å². The van der Waals surface area contributed by atoms with Gasteiger partial charge in [-0.2, -0.15) is 0 Å². The Labute approximate surface area is 130 Å². The van der Waals surface area contributed by atoms with Gasteiger partial charge in [0.1, 0.15) is 0 Å². The highest BCUT2D eigenvalue weighted by Crippen LogP contribution is 2.36. The zero-order chi connectivity index (χ0) is 13.9. The number of hydrogen-bond acceptors (Lipinski definition) is 1. The molecule has 2 nitrogen and oxygen atoms in total. The maximum atomic E-state index is 4.29. The van der Waals surface area contributed by atoms with E-state index >= 15 is 0 Å². The normalized spacial score (nSPS) is 11.8. The number of fused-ring (bicyclic) bond motifs is 4. The largest absolute Gasteiger partial charge is 0.354 e. The van der Waals surface area contributed by atoms with Gasteiger partial charge in [0.2, 0.25) is 0 Å². The van der Waals surface area contributed by atoms with Crippen LogP contribution in [0.5, 0.6) is 0 Å². The summed E-state index contributed by atoms with van der Waals surface area (Å²) in [7, 11) is 0. The molecule has 0 bridgehead atoms. The van der Waals surface area contributed by atoms with E-state index in [1.807, 2.05) is 12.4 Å². The second-order valence-corrected chi connectivity index (χ2v) is 6.48. The molecule has 3 heteroatoms. The Kier molecular flexibility index (Phi) is 2.54. The van der Waals surface area contributed by atoms with Gasteiger partial charge < -0.3 is 4.98 Å². The van der Waals surface area contributed by atoms with E-state index in [-0.39, 0.29) is 0 Å². The van der Waals surface area contributed by atoms with Crippen LogP contribution in [0.2, 0.25) is 0 Å². The molecule has 0 unspecified atom stereocenters. The molecule has 20 heavy (non-hydrogen) atoms. The second kappa shape index (κ2) is 4.19. The molecular formula is C17H13IN2. The smallest absolute Gasteiger partial charge is 0.0503 e. The van der Waals surface area contributed by atoms with Crippen molar-refractivity contribution in [3.05, 3.63) is 51.4 Å². The van der Waals surface area contributed by atoms with Gasteiger partial charge in [-0.1, -0.05) is 0 Å². The lowest BCUT2D eigenvalue weighted by atomic mass is 9.97. The van der Waals surface area contributed by atoms with Gasteiger partial charge in [0.05, 0.1) is 5.52 Å². The van der Waals surface area contributed by atoms with E-state index in [0.29, 0.717) is 0 Å². The van der Waals surface area contributed by atoms with E-state index in [1.54, 1.807) is 0 Å². The Hall–Kier alpha value is -1.62. The lowest BCUT2D eigenvalue weighted by Gasteiger charge is -2.08. The highest BCUT2D eigenvalue weighted by molar-refractivity contribution is 14.1. The molecule has 0 radical (unpaired) electrons. The van der Waals surface area contributed by atoms with Gasteiger partial charge in [-0.3, -0.25) is 4.98 Å². The Morgan fingerprint density at radius 1 is 1.00 bits per heavy atom. The maximum Gasteiger partial charge on any atom is 0.0503 e. The SMILES string of the molecule is Cc1c2ccncc2c(C)c2c1[nH]c1ccc(I)cc12. The minimum atomic E-state index is 1.20. The minimum Gasteiger partial charge on any atom is -0.354 e. The number of H-pyrrole nitrogens is 1. The van der Waals surface area contributed by atoms with Crippen LogP contribution < -0.4 is 0 Å². The first-order valence-electron chi connectivity index (χ1n) is 6.60. The number of aromatic nitrogens is 2. The molecule has 0 atom stereocenters. The number of nitrogens with zero attached hydrogens (tertiary/aromatic N) is 1. The first-order chi connectivity index (χ1) is 9.66. The van der Waals surface area contributed by atoms with E-state index in [1.165, 1.54) is 47.3 Å². The maximum absolute atomic E-state index is 4.29. The molecule has 0 aliphatic carbocycles. The van der Waals surface area contributed by atoms with Gasteiger partial charge in [-0.25, -0.2) is 0 Å². The van der Waals surface area contributed by atoms with Gasteiger partial charge in [0.25, 0.3) is 0 Å². The number of pyridine rings is 1. The standard InChI is InChI=1S/C17H13IN2/c1-9-14-8-19-6-5-12(14)10(2)17-16(9)13-7-11(18)3-4-15(13)20-17/h3-8,20H,1-2H3. The number of rotatable bonds is 0. The molecule has 4 aromatic rings. The summed E-state index contributed by atoms with van der Waals surface area (Å²) in [5.41, 5.74) is 5.06. The molecule has 2 heterocycles. The van der Waals surface area contributed by atoms with Gasteiger partial charge in [-0.05, 0) is 77.2 Å². The van der Waals surface area contributed by atoms with Gasteiger partial charge >= 0.3 is 0 Å².